The Balaban J connectivity index is 2.54. The Morgan fingerprint density at radius 1 is 1.07 bits per heavy atom. The van der Waals surface area contributed by atoms with Crippen LogP contribution >= 0.6 is 0 Å². The number of phenolic OH excluding ortho intramolecular Hbond substituents is 2. The van der Waals surface area contributed by atoms with Gasteiger partial charge in [0.05, 0.1) is 12.7 Å². The first-order valence-corrected chi connectivity index (χ1v) is 8.23. The second-order valence-electron chi connectivity index (χ2n) is 6.31. The van der Waals surface area contributed by atoms with Gasteiger partial charge in [-0.2, -0.15) is 13.2 Å². The zero-order valence-electron chi connectivity index (χ0n) is 15.3. The van der Waals surface area contributed by atoms with Crippen LogP contribution in [0.2, 0.25) is 0 Å². The van der Waals surface area contributed by atoms with E-state index in [1.54, 1.807) is 24.3 Å². The molecule has 0 saturated heterocycles. The summed E-state index contributed by atoms with van der Waals surface area (Å²) >= 11 is 0. The molecule has 2 rings (SSSR count). The number of ether oxygens (including phenoxy) is 1. The molecular weight excluding hydrogens is 357 g/mol. The van der Waals surface area contributed by atoms with Gasteiger partial charge in [-0.1, -0.05) is 29.9 Å². The van der Waals surface area contributed by atoms with Crippen LogP contribution in [-0.4, -0.2) is 17.3 Å². The summed E-state index contributed by atoms with van der Waals surface area (Å²) in [5.74, 6) is -0.226. The molecule has 0 aliphatic heterocycles. The lowest BCUT2D eigenvalue weighted by Crippen LogP contribution is -2.10. The molecule has 0 aromatic heterocycles. The number of halogens is 3. The van der Waals surface area contributed by atoms with Crippen LogP contribution in [0.1, 0.15) is 36.1 Å². The SMILES string of the molecule is COc1cc(/C=C/c2cc(O)cc(C(F)(F)F)c2CC=C(C)C)ccc1O. The molecule has 0 amide bonds. The predicted molar refractivity (Wildman–Crippen MR) is 99.8 cm³/mol. The molecule has 0 heterocycles. The molecule has 3 nitrogen and oxygen atoms in total. The molecule has 0 spiro atoms. The van der Waals surface area contributed by atoms with Crippen molar-refractivity contribution in [3.63, 3.8) is 0 Å². The van der Waals surface area contributed by atoms with E-state index in [1.165, 1.54) is 25.3 Å². The van der Waals surface area contributed by atoms with Gasteiger partial charge < -0.3 is 14.9 Å². The van der Waals surface area contributed by atoms with E-state index in [0.29, 0.717) is 5.56 Å². The summed E-state index contributed by atoms with van der Waals surface area (Å²) < 4.78 is 45.3. The first-order valence-electron chi connectivity index (χ1n) is 8.23. The van der Waals surface area contributed by atoms with Gasteiger partial charge in [0.15, 0.2) is 11.5 Å². The van der Waals surface area contributed by atoms with E-state index in [1.807, 2.05) is 13.8 Å². The number of methoxy groups -OCH3 is 1. The number of aromatic hydroxyl groups is 2. The van der Waals surface area contributed by atoms with Crippen LogP contribution < -0.4 is 4.74 Å². The zero-order valence-corrected chi connectivity index (χ0v) is 15.3. The fraction of sp³-hybridized carbons (Fsp3) is 0.238. The Bertz CT molecular complexity index is 877. The molecule has 0 aliphatic rings. The molecule has 0 atom stereocenters. The van der Waals surface area contributed by atoms with Gasteiger partial charge in [0, 0.05) is 0 Å². The Morgan fingerprint density at radius 2 is 1.78 bits per heavy atom. The topological polar surface area (TPSA) is 49.7 Å². The summed E-state index contributed by atoms with van der Waals surface area (Å²) in [7, 11) is 1.41. The average molecular weight is 378 g/mol. The summed E-state index contributed by atoms with van der Waals surface area (Å²) in [6.45, 7) is 3.62. The Labute approximate surface area is 156 Å². The maximum absolute atomic E-state index is 13.4. The molecule has 2 N–H and O–H groups in total. The number of phenols is 2. The highest BCUT2D eigenvalue weighted by atomic mass is 19.4. The van der Waals surface area contributed by atoms with Crippen molar-refractivity contribution >= 4 is 12.2 Å². The van der Waals surface area contributed by atoms with Crippen LogP contribution in [0.25, 0.3) is 12.2 Å². The normalized spacial score (nSPS) is 11.6. The maximum Gasteiger partial charge on any atom is 0.416 e. The van der Waals surface area contributed by atoms with Gasteiger partial charge in [-0.25, -0.2) is 0 Å². The molecule has 2 aromatic rings. The minimum absolute atomic E-state index is 0.0318. The number of rotatable bonds is 5. The Hall–Kier alpha value is -2.89. The minimum Gasteiger partial charge on any atom is -0.508 e. The van der Waals surface area contributed by atoms with E-state index in [9.17, 15) is 23.4 Å². The van der Waals surface area contributed by atoms with Crippen LogP contribution in [-0.2, 0) is 12.6 Å². The summed E-state index contributed by atoms with van der Waals surface area (Å²) in [4.78, 5) is 0. The third-order valence-electron chi connectivity index (χ3n) is 3.95. The van der Waals surface area contributed by atoms with Crippen molar-refractivity contribution in [2.45, 2.75) is 26.4 Å². The van der Waals surface area contributed by atoms with Crippen molar-refractivity contribution in [3.8, 4) is 17.2 Å². The van der Waals surface area contributed by atoms with Gasteiger partial charge >= 0.3 is 6.18 Å². The number of allylic oxidation sites excluding steroid dienone is 2. The molecule has 6 heteroatoms. The molecule has 2 aromatic carbocycles. The number of benzene rings is 2. The van der Waals surface area contributed by atoms with Crippen LogP contribution in [0.4, 0.5) is 13.2 Å². The lowest BCUT2D eigenvalue weighted by Gasteiger charge is -2.15. The van der Waals surface area contributed by atoms with Gasteiger partial charge in [0.2, 0.25) is 0 Å². The summed E-state index contributed by atoms with van der Waals surface area (Å²) in [5, 5.41) is 19.4. The van der Waals surface area contributed by atoms with E-state index >= 15 is 0 Å². The van der Waals surface area contributed by atoms with Gasteiger partial charge in [-0.05, 0) is 61.2 Å². The van der Waals surface area contributed by atoms with Crippen molar-refractivity contribution in [1.29, 1.82) is 0 Å². The molecule has 0 bridgehead atoms. The molecule has 0 aliphatic carbocycles. The van der Waals surface area contributed by atoms with Gasteiger partial charge in [-0.3, -0.25) is 0 Å². The zero-order chi connectivity index (χ0) is 20.2. The highest BCUT2D eigenvalue weighted by Gasteiger charge is 2.34. The number of alkyl halides is 3. The average Bonchev–Trinajstić information content (AvgIpc) is 2.58. The molecule has 0 radical (unpaired) electrons. The highest BCUT2D eigenvalue weighted by molar-refractivity contribution is 5.74. The van der Waals surface area contributed by atoms with E-state index in [-0.39, 0.29) is 29.0 Å². The summed E-state index contributed by atoms with van der Waals surface area (Å²) in [6.07, 6.45) is 0.338. The van der Waals surface area contributed by atoms with Crippen molar-refractivity contribution in [3.05, 3.63) is 64.2 Å². The van der Waals surface area contributed by atoms with Gasteiger partial charge in [0.25, 0.3) is 0 Å². The third kappa shape index (κ3) is 5.29. The van der Waals surface area contributed by atoms with Crippen LogP contribution in [0.5, 0.6) is 17.2 Å². The quantitative estimate of drug-likeness (QED) is 0.510. The molecule has 0 unspecified atom stereocenters. The van der Waals surface area contributed by atoms with Crippen LogP contribution in [0, 0.1) is 0 Å². The highest BCUT2D eigenvalue weighted by Crippen LogP contribution is 2.37. The Morgan fingerprint density at radius 3 is 2.37 bits per heavy atom. The van der Waals surface area contributed by atoms with Crippen molar-refractivity contribution in [2.24, 2.45) is 0 Å². The minimum atomic E-state index is -4.58. The smallest absolute Gasteiger partial charge is 0.416 e. The predicted octanol–water partition coefficient (Wildman–Crippen LogP) is 5.80. The first-order chi connectivity index (χ1) is 12.6. The molecular formula is C21H21F3O3. The fourth-order valence-electron chi connectivity index (χ4n) is 2.60. The second kappa shape index (κ2) is 8.20. The molecule has 0 saturated carbocycles. The van der Waals surface area contributed by atoms with E-state index in [4.69, 9.17) is 4.74 Å². The van der Waals surface area contributed by atoms with Crippen LogP contribution in [0.3, 0.4) is 0 Å². The van der Waals surface area contributed by atoms with E-state index in [0.717, 1.165) is 11.6 Å². The summed E-state index contributed by atoms with van der Waals surface area (Å²) in [5.41, 5.74) is 1.03. The third-order valence-corrected chi connectivity index (χ3v) is 3.95. The Kier molecular flexibility index (Phi) is 6.20. The number of hydrogen-bond donors (Lipinski definition) is 2. The van der Waals surface area contributed by atoms with Crippen LogP contribution in [0.15, 0.2) is 42.0 Å². The second-order valence-corrected chi connectivity index (χ2v) is 6.31. The van der Waals surface area contributed by atoms with E-state index < -0.39 is 17.5 Å². The van der Waals surface area contributed by atoms with E-state index in [2.05, 4.69) is 0 Å². The molecule has 27 heavy (non-hydrogen) atoms. The van der Waals surface area contributed by atoms with Crippen molar-refractivity contribution in [1.82, 2.24) is 0 Å². The first kappa shape index (κ1) is 20.4. The maximum atomic E-state index is 13.4. The lowest BCUT2D eigenvalue weighted by molar-refractivity contribution is -0.138. The van der Waals surface area contributed by atoms with Crippen molar-refractivity contribution in [2.75, 3.05) is 7.11 Å². The standard InChI is InChI=1S/C21H21F3O3/c1-13(2)4-8-17-15(11-16(25)12-18(17)21(22,23)24)7-5-14-6-9-19(26)20(10-14)27-3/h4-7,9-12,25-26H,8H2,1-3H3/b7-5+. The van der Waals surface area contributed by atoms with Gasteiger partial charge in [-0.15, -0.1) is 0 Å². The van der Waals surface area contributed by atoms with Gasteiger partial charge in [0.1, 0.15) is 5.75 Å². The lowest BCUT2D eigenvalue weighted by atomic mass is 9.95. The fourth-order valence-corrected chi connectivity index (χ4v) is 2.60. The summed E-state index contributed by atoms with van der Waals surface area (Å²) in [6, 6.07) is 6.66. The molecule has 0 fully saturated rings. The number of hydrogen-bond acceptors (Lipinski definition) is 3. The monoisotopic (exact) mass is 378 g/mol. The largest absolute Gasteiger partial charge is 0.508 e. The molecule has 144 valence electrons. The van der Waals surface area contributed by atoms with Crippen molar-refractivity contribution < 1.29 is 28.1 Å².